The average Bonchev–Trinajstić information content (AvgIpc) is 2.90. The third-order valence-corrected chi connectivity index (χ3v) is 4.21. The van der Waals surface area contributed by atoms with E-state index >= 15 is 0 Å². The molecule has 2 saturated heterocycles. The molecule has 2 atom stereocenters. The van der Waals surface area contributed by atoms with Gasteiger partial charge in [-0.2, -0.15) is 8.78 Å². The van der Waals surface area contributed by atoms with Gasteiger partial charge in [-0.25, -0.2) is 0 Å². The highest BCUT2D eigenvalue weighted by molar-refractivity contribution is 5.94. The molecule has 4 nitrogen and oxygen atoms in total. The van der Waals surface area contributed by atoms with E-state index in [-0.39, 0.29) is 11.7 Å². The minimum absolute atomic E-state index is 0.0465. The summed E-state index contributed by atoms with van der Waals surface area (Å²) in [6.45, 7) is -0.340. The number of carbonyl (C=O) groups is 1. The van der Waals surface area contributed by atoms with Crippen LogP contribution in [-0.4, -0.2) is 43.1 Å². The van der Waals surface area contributed by atoms with Crippen molar-refractivity contribution in [3.63, 3.8) is 0 Å². The molecule has 1 aromatic rings. The fourth-order valence-electron chi connectivity index (χ4n) is 3.17. The quantitative estimate of drug-likeness (QED) is 0.929. The molecule has 1 aromatic carbocycles. The van der Waals surface area contributed by atoms with E-state index in [1.54, 1.807) is 0 Å². The number of fused-ring (bicyclic) bond motifs is 1. The van der Waals surface area contributed by atoms with Crippen LogP contribution >= 0.6 is 0 Å². The first-order valence-corrected chi connectivity index (χ1v) is 7.21. The van der Waals surface area contributed by atoms with Gasteiger partial charge in [-0.1, -0.05) is 0 Å². The minimum atomic E-state index is -2.85. The normalized spacial score (nSPS) is 25.0. The van der Waals surface area contributed by atoms with Gasteiger partial charge in [0, 0.05) is 24.7 Å². The number of piperidine rings is 1. The van der Waals surface area contributed by atoms with Crippen LogP contribution in [-0.2, 0) is 0 Å². The van der Waals surface area contributed by atoms with Crippen LogP contribution in [0.15, 0.2) is 24.3 Å². The summed E-state index contributed by atoms with van der Waals surface area (Å²) in [6, 6.07) is 6.27. The van der Waals surface area contributed by atoms with Gasteiger partial charge in [0.25, 0.3) is 5.91 Å². The van der Waals surface area contributed by atoms with Gasteiger partial charge in [0.15, 0.2) is 0 Å². The molecule has 0 radical (unpaired) electrons. The van der Waals surface area contributed by atoms with Gasteiger partial charge >= 0.3 is 6.61 Å². The van der Waals surface area contributed by atoms with Crippen molar-refractivity contribution in [1.82, 2.24) is 10.2 Å². The van der Waals surface area contributed by atoms with Crippen LogP contribution in [0.2, 0.25) is 0 Å². The molecule has 0 aromatic heterocycles. The number of hydrogen-bond acceptors (Lipinski definition) is 3. The Balaban J connectivity index is 1.65. The predicted molar refractivity (Wildman–Crippen MR) is 73.5 cm³/mol. The summed E-state index contributed by atoms with van der Waals surface area (Å²) in [7, 11) is 0. The van der Waals surface area contributed by atoms with Crippen LogP contribution < -0.4 is 10.1 Å². The molecule has 0 aliphatic carbocycles. The van der Waals surface area contributed by atoms with Crippen LogP contribution in [0.4, 0.5) is 8.78 Å². The average molecular weight is 296 g/mol. The van der Waals surface area contributed by atoms with E-state index in [1.165, 1.54) is 24.3 Å². The van der Waals surface area contributed by atoms with Crippen molar-refractivity contribution in [2.45, 2.75) is 25.5 Å². The van der Waals surface area contributed by atoms with Gasteiger partial charge in [-0.15, -0.1) is 0 Å². The van der Waals surface area contributed by atoms with Gasteiger partial charge in [0.1, 0.15) is 5.75 Å². The second kappa shape index (κ2) is 5.97. The van der Waals surface area contributed by atoms with Crippen molar-refractivity contribution in [3.05, 3.63) is 29.8 Å². The standard InChI is InChI=1S/C15H18F2N2O2/c16-15(17)21-12-5-3-10(4-6-12)14(20)19-8-11-2-1-7-18-13(11)9-19/h3-6,11,13,15,18H,1-2,7-9H2. The van der Waals surface area contributed by atoms with Gasteiger partial charge in [-0.3, -0.25) is 4.79 Å². The van der Waals surface area contributed by atoms with E-state index in [0.29, 0.717) is 17.5 Å². The lowest BCUT2D eigenvalue weighted by molar-refractivity contribution is -0.0498. The topological polar surface area (TPSA) is 41.6 Å². The smallest absolute Gasteiger partial charge is 0.387 e. The maximum Gasteiger partial charge on any atom is 0.387 e. The molecule has 1 N–H and O–H groups in total. The molecule has 114 valence electrons. The molecule has 0 saturated carbocycles. The Labute approximate surface area is 122 Å². The summed E-state index contributed by atoms with van der Waals surface area (Å²) in [4.78, 5) is 14.3. The highest BCUT2D eigenvalue weighted by Crippen LogP contribution is 2.26. The van der Waals surface area contributed by atoms with Crippen molar-refractivity contribution < 1.29 is 18.3 Å². The number of likely N-dealkylation sites (tertiary alicyclic amines) is 1. The van der Waals surface area contributed by atoms with Gasteiger partial charge in [0.05, 0.1) is 0 Å². The van der Waals surface area contributed by atoms with E-state index in [9.17, 15) is 13.6 Å². The first-order valence-electron chi connectivity index (χ1n) is 7.21. The van der Waals surface area contributed by atoms with Crippen LogP contribution in [0.5, 0.6) is 5.75 Å². The summed E-state index contributed by atoms with van der Waals surface area (Å²) in [5.41, 5.74) is 0.510. The van der Waals surface area contributed by atoms with E-state index < -0.39 is 6.61 Å². The van der Waals surface area contributed by atoms with E-state index in [4.69, 9.17) is 0 Å². The number of ether oxygens (including phenoxy) is 1. The number of rotatable bonds is 3. The molecule has 6 heteroatoms. The van der Waals surface area contributed by atoms with Crippen molar-refractivity contribution in [2.24, 2.45) is 5.92 Å². The van der Waals surface area contributed by atoms with E-state index in [0.717, 1.165) is 32.5 Å². The van der Waals surface area contributed by atoms with Crippen molar-refractivity contribution in [2.75, 3.05) is 19.6 Å². The third kappa shape index (κ3) is 3.15. The number of benzene rings is 1. The predicted octanol–water partition coefficient (Wildman–Crippen LogP) is 2.11. The van der Waals surface area contributed by atoms with Gasteiger partial charge in [0.2, 0.25) is 0 Å². The highest BCUT2D eigenvalue weighted by atomic mass is 19.3. The zero-order chi connectivity index (χ0) is 14.8. The Bertz CT molecular complexity index is 493. The van der Waals surface area contributed by atoms with Crippen molar-refractivity contribution in [1.29, 1.82) is 0 Å². The number of amides is 1. The van der Waals surface area contributed by atoms with Crippen LogP contribution in [0, 0.1) is 5.92 Å². The number of alkyl halides is 2. The summed E-state index contributed by atoms with van der Waals surface area (Å²) in [5, 5.41) is 3.45. The van der Waals surface area contributed by atoms with E-state index in [2.05, 4.69) is 10.1 Å². The molecule has 2 aliphatic rings. The number of hydrogen-bond donors (Lipinski definition) is 1. The fourth-order valence-corrected chi connectivity index (χ4v) is 3.17. The molecule has 2 fully saturated rings. The third-order valence-electron chi connectivity index (χ3n) is 4.21. The van der Waals surface area contributed by atoms with Gasteiger partial charge < -0.3 is 15.0 Å². The monoisotopic (exact) mass is 296 g/mol. The van der Waals surface area contributed by atoms with Crippen LogP contribution in [0.3, 0.4) is 0 Å². The molecule has 21 heavy (non-hydrogen) atoms. The second-order valence-corrected chi connectivity index (χ2v) is 5.58. The Morgan fingerprint density at radius 1 is 1.29 bits per heavy atom. The maximum absolute atomic E-state index is 12.4. The molecule has 0 bridgehead atoms. The van der Waals surface area contributed by atoms with Crippen molar-refractivity contribution in [3.8, 4) is 5.75 Å². The van der Waals surface area contributed by atoms with Crippen molar-refractivity contribution >= 4 is 5.91 Å². The number of nitrogens with one attached hydrogen (secondary N) is 1. The largest absolute Gasteiger partial charge is 0.435 e. The Morgan fingerprint density at radius 2 is 2.05 bits per heavy atom. The molecule has 2 unspecified atom stereocenters. The fraction of sp³-hybridized carbons (Fsp3) is 0.533. The summed E-state index contributed by atoms with van der Waals surface area (Å²) >= 11 is 0. The maximum atomic E-state index is 12.4. The summed E-state index contributed by atoms with van der Waals surface area (Å²) < 4.78 is 28.5. The lowest BCUT2D eigenvalue weighted by Crippen LogP contribution is -2.41. The summed E-state index contributed by atoms with van der Waals surface area (Å²) in [6.07, 6.45) is 2.31. The lowest BCUT2D eigenvalue weighted by atomic mass is 9.94. The van der Waals surface area contributed by atoms with Crippen LogP contribution in [0.25, 0.3) is 0 Å². The lowest BCUT2D eigenvalue weighted by Gasteiger charge is -2.24. The number of nitrogens with zero attached hydrogens (tertiary/aromatic N) is 1. The summed E-state index contributed by atoms with van der Waals surface area (Å²) in [5.74, 6) is 0.553. The second-order valence-electron chi connectivity index (χ2n) is 5.58. The molecular weight excluding hydrogens is 278 g/mol. The van der Waals surface area contributed by atoms with E-state index in [1.807, 2.05) is 4.90 Å². The van der Waals surface area contributed by atoms with Gasteiger partial charge in [-0.05, 0) is 49.6 Å². The zero-order valence-electron chi connectivity index (χ0n) is 11.6. The highest BCUT2D eigenvalue weighted by Gasteiger charge is 2.36. The van der Waals surface area contributed by atoms with Crippen LogP contribution in [0.1, 0.15) is 23.2 Å². The Morgan fingerprint density at radius 3 is 2.71 bits per heavy atom. The molecule has 2 heterocycles. The SMILES string of the molecule is O=C(c1ccc(OC(F)F)cc1)N1CC2CCCNC2C1. The number of carbonyl (C=O) groups excluding carboxylic acids is 1. The Kier molecular flexibility index (Phi) is 4.05. The molecule has 2 aliphatic heterocycles. The molecule has 0 spiro atoms. The molecule has 3 rings (SSSR count). The first-order chi connectivity index (χ1) is 10.1. The zero-order valence-corrected chi connectivity index (χ0v) is 11.6. The molecular formula is C15H18F2N2O2. The number of halogens is 2. The first kappa shape index (κ1) is 14.3. The minimum Gasteiger partial charge on any atom is -0.435 e. The molecule has 1 amide bonds. The Hall–Kier alpha value is -1.69.